The van der Waals surface area contributed by atoms with Gasteiger partial charge in [-0.05, 0) is 53.9 Å². The van der Waals surface area contributed by atoms with Crippen LogP contribution in [0.2, 0.25) is 0 Å². The zero-order valence-electron chi connectivity index (χ0n) is 19.5. The van der Waals surface area contributed by atoms with Crippen LogP contribution in [0.15, 0.2) is 71.6 Å². The lowest BCUT2D eigenvalue weighted by atomic mass is 10.1. The SMILES string of the molecule is COc1cccc(CNc2ccc(S(=O)(=O)Nc3nc4c(ccc5cc6c(cc54)OCO6)s3)cc2)c1O. The lowest BCUT2D eigenvalue weighted by Crippen LogP contribution is -2.12. The minimum absolute atomic E-state index is 0.0646. The number of para-hydroxylation sites is 1. The van der Waals surface area contributed by atoms with Crippen LogP contribution in [-0.4, -0.2) is 32.4 Å². The zero-order valence-corrected chi connectivity index (χ0v) is 21.2. The van der Waals surface area contributed by atoms with E-state index < -0.39 is 10.0 Å². The molecule has 5 aromatic rings. The first-order valence-corrected chi connectivity index (χ1v) is 13.6. The summed E-state index contributed by atoms with van der Waals surface area (Å²) < 4.78 is 45.6. The maximum Gasteiger partial charge on any atom is 0.263 e. The highest BCUT2D eigenvalue weighted by molar-refractivity contribution is 7.93. The fourth-order valence-electron chi connectivity index (χ4n) is 4.15. The average molecular weight is 536 g/mol. The van der Waals surface area contributed by atoms with E-state index in [0.29, 0.717) is 40.6 Å². The smallest absolute Gasteiger partial charge is 0.263 e. The number of benzene rings is 4. The Bertz CT molecular complexity index is 1750. The van der Waals surface area contributed by atoms with Gasteiger partial charge < -0.3 is 24.6 Å². The second kappa shape index (κ2) is 9.02. The first-order valence-electron chi connectivity index (χ1n) is 11.3. The molecule has 0 radical (unpaired) electrons. The maximum atomic E-state index is 13.1. The second-order valence-corrected chi connectivity index (χ2v) is 11.0. The van der Waals surface area contributed by atoms with Crippen molar-refractivity contribution < 1.29 is 27.7 Å². The summed E-state index contributed by atoms with van der Waals surface area (Å²) in [5.74, 6) is 1.78. The largest absolute Gasteiger partial charge is 0.504 e. The molecule has 3 N–H and O–H groups in total. The maximum absolute atomic E-state index is 13.1. The third kappa shape index (κ3) is 4.32. The quantitative estimate of drug-likeness (QED) is 0.257. The van der Waals surface area contributed by atoms with Crippen LogP contribution < -0.4 is 24.2 Å². The molecule has 0 saturated carbocycles. The van der Waals surface area contributed by atoms with Crippen LogP contribution in [-0.2, 0) is 16.6 Å². The fourth-order valence-corrected chi connectivity index (χ4v) is 6.26. The molecule has 0 spiro atoms. The summed E-state index contributed by atoms with van der Waals surface area (Å²) in [5, 5.41) is 15.5. The number of aromatic hydroxyl groups is 1. The summed E-state index contributed by atoms with van der Waals surface area (Å²) in [6.45, 7) is 0.516. The number of fused-ring (bicyclic) bond motifs is 4. The molecular weight excluding hydrogens is 514 g/mol. The summed E-state index contributed by atoms with van der Waals surface area (Å²) in [6.07, 6.45) is 0. The minimum atomic E-state index is -3.85. The van der Waals surface area contributed by atoms with Crippen molar-refractivity contribution in [2.24, 2.45) is 0 Å². The molecule has 1 aliphatic rings. The summed E-state index contributed by atoms with van der Waals surface area (Å²) in [6, 6.07) is 19.2. The Balaban J connectivity index is 1.20. The molecule has 11 heteroatoms. The molecule has 4 aromatic carbocycles. The van der Waals surface area contributed by atoms with Gasteiger partial charge in [-0.3, -0.25) is 4.72 Å². The molecule has 1 aromatic heterocycles. The Morgan fingerprint density at radius 1 is 1.05 bits per heavy atom. The highest BCUT2D eigenvalue weighted by atomic mass is 32.2. The Kier molecular flexibility index (Phi) is 5.65. The molecule has 6 rings (SSSR count). The molecule has 0 unspecified atom stereocenters. The van der Waals surface area contributed by atoms with E-state index in [1.807, 2.05) is 24.3 Å². The van der Waals surface area contributed by atoms with E-state index in [9.17, 15) is 13.5 Å². The van der Waals surface area contributed by atoms with Gasteiger partial charge in [-0.1, -0.05) is 29.5 Å². The van der Waals surface area contributed by atoms with E-state index in [0.717, 1.165) is 15.5 Å². The van der Waals surface area contributed by atoms with E-state index in [1.54, 1.807) is 30.3 Å². The highest BCUT2D eigenvalue weighted by Gasteiger charge is 2.20. The molecule has 0 aliphatic carbocycles. The number of hydrogen-bond donors (Lipinski definition) is 3. The zero-order chi connectivity index (χ0) is 25.6. The molecular formula is C26H21N3O6S2. The molecule has 0 fully saturated rings. The molecule has 0 amide bonds. The van der Waals surface area contributed by atoms with Crippen LogP contribution in [0.4, 0.5) is 10.8 Å². The fraction of sp³-hybridized carbons (Fsp3) is 0.115. The number of hydrogen-bond acceptors (Lipinski definition) is 9. The summed E-state index contributed by atoms with van der Waals surface area (Å²) in [5.41, 5.74) is 2.05. The Morgan fingerprint density at radius 3 is 2.62 bits per heavy atom. The molecule has 188 valence electrons. The van der Waals surface area contributed by atoms with Gasteiger partial charge in [-0.2, -0.15) is 0 Å². The Labute approximate surface area is 216 Å². The summed E-state index contributed by atoms with van der Waals surface area (Å²) in [7, 11) is -2.36. The van der Waals surface area contributed by atoms with Crippen molar-refractivity contribution >= 4 is 53.2 Å². The molecule has 1 aliphatic heterocycles. The van der Waals surface area contributed by atoms with Gasteiger partial charge in [0.05, 0.1) is 22.2 Å². The van der Waals surface area contributed by atoms with Gasteiger partial charge in [-0.25, -0.2) is 13.4 Å². The van der Waals surface area contributed by atoms with Crippen LogP contribution in [0.3, 0.4) is 0 Å². The van der Waals surface area contributed by atoms with Crippen molar-refractivity contribution in [3.05, 3.63) is 72.3 Å². The number of nitrogens with one attached hydrogen (secondary N) is 2. The van der Waals surface area contributed by atoms with Crippen LogP contribution in [0, 0.1) is 0 Å². The third-order valence-corrected chi connectivity index (χ3v) is 8.46. The van der Waals surface area contributed by atoms with Crippen LogP contribution in [0.25, 0.3) is 21.0 Å². The number of nitrogens with zero attached hydrogens (tertiary/aromatic N) is 1. The van der Waals surface area contributed by atoms with E-state index in [4.69, 9.17) is 14.2 Å². The van der Waals surface area contributed by atoms with Gasteiger partial charge in [0.2, 0.25) is 6.79 Å². The summed E-state index contributed by atoms with van der Waals surface area (Å²) >= 11 is 1.26. The second-order valence-electron chi connectivity index (χ2n) is 8.31. The molecule has 37 heavy (non-hydrogen) atoms. The van der Waals surface area contributed by atoms with Crippen LogP contribution in [0.5, 0.6) is 23.0 Å². The van der Waals surface area contributed by atoms with Gasteiger partial charge in [0.1, 0.15) is 0 Å². The number of ether oxygens (including phenoxy) is 3. The average Bonchev–Trinajstić information content (AvgIpc) is 3.53. The number of thiazole rings is 1. The Hall–Kier alpha value is -4.22. The minimum Gasteiger partial charge on any atom is -0.504 e. The molecule has 0 atom stereocenters. The topological polar surface area (TPSA) is 119 Å². The van der Waals surface area contributed by atoms with Crippen molar-refractivity contribution in [1.29, 1.82) is 0 Å². The molecule has 9 nitrogen and oxygen atoms in total. The van der Waals surface area contributed by atoms with Crippen LogP contribution in [0.1, 0.15) is 5.56 Å². The van der Waals surface area contributed by atoms with E-state index >= 15 is 0 Å². The van der Waals surface area contributed by atoms with Gasteiger partial charge in [0.15, 0.2) is 28.1 Å². The van der Waals surface area contributed by atoms with E-state index in [2.05, 4.69) is 15.0 Å². The lowest BCUT2D eigenvalue weighted by molar-refractivity contribution is 0.174. The van der Waals surface area contributed by atoms with E-state index in [1.165, 1.54) is 30.6 Å². The summed E-state index contributed by atoms with van der Waals surface area (Å²) in [4.78, 5) is 4.67. The van der Waals surface area contributed by atoms with Crippen molar-refractivity contribution in [2.45, 2.75) is 11.4 Å². The molecule has 2 heterocycles. The van der Waals surface area contributed by atoms with Crippen LogP contribution >= 0.6 is 11.3 Å². The third-order valence-electron chi connectivity index (χ3n) is 6.04. The van der Waals surface area contributed by atoms with E-state index in [-0.39, 0.29) is 22.6 Å². The Morgan fingerprint density at radius 2 is 1.84 bits per heavy atom. The standard InChI is InChI=1S/C26H21N3O6S2/c1-33-20-4-2-3-16(25(20)30)13-27-17-6-8-18(9-7-17)37(31,32)29-26-28-24-19-12-22-21(34-14-35-22)11-15(19)5-10-23(24)36-26/h2-12,27,30H,13-14H2,1H3,(H,28,29). The normalized spacial score (nSPS) is 12.7. The van der Waals surface area contributed by atoms with Crippen molar-refractivity contribution in [3.8, 4) is 23.0 Å². The number of anilines is 2. The van der Waals surface area contributed by atoms with Crippen molar-refractivity contribution in [3.63, 3.8) is 0 Å². The van der Waals surface area contributed by atoms with Crippen molar-refractivity contribution in [1.82, 2.24) is 4.98 Å². The lowest BCUT2D eigenvalue weighted by Gasteiger charge is -2.11. The first kappa shape index (κ1) is 23.2. The predicted molar refractivity (Wildman–Crippen MR) is 142 cm³/mol. The first-order chi connectivity index (χ1) is 17.9. The number of rotatable bonds is 7. The molecule has 0 saturated heterocycles. The van der Waals surface area contributed by atoms with Gasteiger partial charge >= 0.3 is 0 Å². The number of sulfonamides is 1. The number of phenolic OH excluding ortho intramolecular Hbond substituents is 1. The molecule has 0 bridgehead atoms. The number of methoxy groups -OCH3 is 1. The van der Waals surface area contributed by atoms with Gasteiger partial charge in [0.25, 0.3) is 10.0 Å². The number of aromatic nitrogens is 1. The monoisotopic (exact) mass is 535 g/mol. The van der Waals surface area contributed by atoms with Crippen molar-refractivity contribution in [2.75, 3.05) is 23.9 Å². The van der Waals surface area contributed by atoms with Gasteiger partial charge in [0, 0.05) is 23.2 Å². The number of phenols is 1. The highest BCUT2D eigenvalue weighted by Crippen LogP contribution is 2.40. The van der Waals surface area contributed by atoms with Gasteiger partial charge in [-0.15, -0.1) is 0 Å². The predicted octanol–water partition coefficient (Wildman–Crippen LogP) is 5.31.